The summed E-state index contributed by atoms with van der Waals surface area (Å²) in [4.78, 5) is 4.19. The summed E-state index contributed by atoms with van der Waals surface area (Å²) in [5.41, 5.74) is 6.61. The average molecular weight is 235 g/mol. The molecule has 0 aliphatic rings. The molecule has 0 saturated heterocycles. The van der Waals surface area contributed by atoms with Crippen LogP contribution in [-0.4, -0.2) is 16.7 Å². The normalized spacial score (nSPS) is 10.8. The highest BCUT2D eigenvalue weighted by atomic mass is 19.1. The van der Waals surface area contributed by atoms with E-state index in [1.54, 1.807) is 19.1 Å². The first-order chi connectivity index (χ1) is 8.20. The molecule has 5 heteroatoms. The van der Waals surface area contributed by atoms with E-state index in [9.17, 15) is 4.39 Å². The topological polar surface area (TPSA) is 64.9 Å². The first-order valence-electron chi connectivity index (χ1n) is 5.50. The van der Waals surface area contributed by atoms with E-state index in [0.29, 0.717) is 35.8 Å². The zero-order chi connectivity index (χ0) is 12.3. The van der Waals surface area contributed by atoms with Gasteiger partial charge in [0, 0.05) is 12.0 Å². The van der Waals surface area contributed by atoms with Crippen molar-refractivity contribution < 1.29 is 8.91 Å². The zero-order valence-electron chi connectivity index (χ0n) is 9.61. The SMILES string of the molecule is Cc1ccc(-c2noc(CCCN)n2)cc1F. The fourth-order valence-electron chi connectivity index (χ4n) is 1.46. The van der Waals surface area contributed by atoms with Crippen molar-refractivity contribution in [2.45, 2.75) is 19.8 Å². The van der Waals surface area contributed by atoms with Crippen molar-refractivity contribution in [3.8, 4) is 11.4 Å². The van der Waals surface area contributed by atoms with Crippen LogP contribution in [0, 0.1) is 12.7 Å². The van der Waals surface area contributed by atoms with Crippen LogP contribution in [0.2, 0.25) is 0 Å². The third-order valence-corrected chi connectivity index (χ3v) is 2.49. The van der Waals surface area contributed by atoms with E-state index in [1.165, 1.54) is 6.07 Å². The molecule has 17 heavy (non-hydrogen) atoms. The number of aryl methyl sites for hydroxylation is 2. The van der Waals surface area contributed by atoms with Crippen molar-refractivity contribution in [2.75, 3.05) is 6.54 Å². The van der Waals surface area contributed by atoms with Crippen LogP contribution in [0.15, 0.2) is 22.7 Å². The van der Waals surface area contributed by atoms with Gasteiger partial charge in [-0.2, -0.15) is 4.98 Å². The van der Waals surface area contributed by atoms with Crippen LogP contribution in [-0.2, 0) is 6.42 Å². The van der Waals surface area contributed by atoms with Gasteiger partial charge in [-0.25, -0.2) is 4.39 Å². The van der Waals surface area contributed by atoms with Crippen LogP contribution in [0.4, 0.5) is 4.39 Å². The van der Waals surface area contributed by atoms with E-state index in [-0.39, 0.29) is 5.82 Å². The van der Waals surface area contributed by atoms with Crippen molar-refractivity contribution in [1.29, 1.82) is 0 Å². The molecule has 2 N–H and O–H groups in total. The molecule has 0 saturated carbocycles. The molecule has 1 aromatic carbocycles. The van der Waals surface area contributed by atoms with Crippen LogP contribution in [0.25, 0.3) is 11.4 Å². The molecule has 0 aliphatic heterocycles. The van der Waals surface area contributed by atoms with Gasteiger partial charge in [0.15, 0.2) is 0 Å². The maximum absolute atomic E-state index is 13.4. The van der Waals surface area contributed by atoms with Crippen LogP contribution in [0.1, 0.15) is 17.9 Å². The number of nitrogens with two attached hydrogens (primary N) is 1. The van der Waals surface area contributed by atoms with Gasteiger partial charge in [0.25, 0.3) is 0 Å². The van der Waals surface area contributed by atoms with Crippen LogP contribution < -0.4 is 5.73 Å². The molecular weight excluding hydrogens is 221 g/mol. The fraction of sp³-hybridized carbons (Fsp3) is 0.333. The molecule has 1 heterocycles. The molecule has 1 aromatic heterocycles. The van der Waals surface area contributed by atoms with E-state index in [1.807, 2.05) is 0 Å². The van der Waals surface area contributed by atoms with Gasteiger partial charge in [-0.05, 0) is 31.5 Å². The minimum absolute atomic E-state index is 0.268. The summed E-state index contributed by atoms with van der Waals surface area (Å²) in [6.07, 6.45) is 1.45. The van der Waals surface area contributed by atoms with Gasteiger partial charge in [-0.3, -0.25) is 0 Å². The number of halogens is 1. The summed E-state index contributed by atoms with van der Waals surface area (Å²) >= 11 is 0. The molecular formula is C12H14FN3O. The van der Waals surface area contributed by atoms with Gasteiger partial charge in [-0.15, -0.1) is 0 Å². The Hall–Kier alpha value is -1.75. The third-order valence-electron chi connectivity index (χ3n) is 2.49. The lowest BCUT2D eigenvalue weighted by atomic mass is 10.1. The molecule has 0 bridgehead atoms. The number of rotatable bonds is 4. The monoisotopic (exact) mass is 235 g/mol. The van der Waals surface area contributed by atoms with Gasteiger partial charge in [0.1, 0.15) is 5.82 Å². The summed E-state index contributed by atoms with van der Waals surface area (Å²) < 4.78 is 18.4. The second-order valence-corrected chi connectivity index (χ2v) is 3.87. The van der Waals surface area contributed by atoms with Crippen molar-refractivity contribution in [2.24, 2.45) is 5.73 Å². The Morgan fingerprint density at radius 1 is 1.41 bits per heavy atom. The summed E-state index contributed by atoms with van der Waals surface area (Å²) in [6.45, 7) is 2.29. The Balaban J connectivity index is 2.21. The Morgan fingerprint density at radius 2 is 2.24 bits per heavy atom. The summed E-state index contributed by atoms with van der Waals surface area (Å²) in [7, 11) is 0. The van der Waals surface area contributed by atoms with Crippen molar-refractivity contribution in [3.05, 3.63) is 35.5 Å². The lowest BCUT2D eigenvalue weighted by Crippen LogP contribution is -2.00. The molecule has 0 atom stereocenters. The van der Waals surface area contributed by atoms with Gasteiger partial charge in [-0.1, -0.05) is 17.3 Å². The quantitative estimate of drug-likeness (QED) is 0.881. The van der Waals surface area contributed by atoms with E-state index in [2.05, 4.69) is 10.1 Å². The summed E-state index contributed by atoms with van der Waals surface area (Å²) in [6, 6.07) is 4.88. The lowest BCUT2D eigenvalue weighted by Gasteiger charge is -1.97. The molecule has 0 aliphatic carbocycles. The molecule has 0 radical (unpaired) electrons. The molecule has 4 nitrogen and oxygen atoms in total. The van der Waals surface area contributed by atoms with Gasteiger partial charge in [0.05, 0.1) is 0 Å². The number of aromatic nitrogens is 2. The number of nitrogens with zero attached hydrogens (tertiary/aromatic N) is 2. The van der Waals surface area contributed by atoms with E-state index in [0.717, 1.165) is 6.42 Å². The smallest absolute Gasteiger partial charge is 0.227 e. The van der Waals surface area contributed by atoms with Gasteiger partial charge < -0.3 is 10.3 Å². The predicted molar refractivity (Wildman–Crippen MR) is 61.8 cm³/mol. The summed E-state index contributed by atoms with van der Waals surface area (Å²) in [5, 5.41) is 3.82. The second kappa shape index (κ2) is 5.05. The number of hydrogen-bond donors (Lipinski definition) is 1. The first kappa shape index (κ1) is 11.7. The van der Waals surface area contributed by atoms with Gasteiger partial charge in [0.2, 0.25) is 11.7 Å². The average Bonchev–Trinajstić information content (AvgIpc) is 2.79. The minimum atomic E-state index is -0.268. The molecule has 0 amide bonds. The molecule has 0 unspecified atom stereocenters. The van der Waals surface area contributed by atoms with Gasteiger partial charge >= 0.3 is 0 Å². The molecule has 2 rings (SSSR count). The highest BCUT2D eigenvalue weighted by molar-refractivity contribution is 5.54. The fourth-order valence-corrected chi connectivity index (χ4v) is 1.46. The van der Waals surface area contributed by atoms with E-state index >= 15 is 0 Å². The Kier molecular flexibility index (Phi) is 3.49. The zero-order valence-corrected chi connectivity index (χ0v) is 9.61. The largest absolute Gasteiger partial charge is 0.339 e. The van der Waals surface area contributed by atoms with Crippen molar-refractivity contribution in [1.82, 2.24) is 10.1 Å². The standard InChI is InChI=1S/C12H14FN3O/c1-8-4-5-9(7-10(8)13)12-15-11(17-16-12)3-2-6-14/h4-5,7H,2-3,6,14H2,1H3. The molecule has 2 aromatic rings. The molecule has 0 fully saturated rings. The Labute approximate surface area is 98.6 Å². The van der Waals surface area contributed by atoms with Crippen molar-refractivity contribution >= 4 is 0 Å². The highest BCUT2D eigenvalue weighted by Gasteiger charge is 2.09. The number of hydrogen-bond acceptors (Lipinski definition) is 4. The lowest BCUT2D eigenvalue weighted by molar-refractivity contribution is 0.376. The van der Waals surface area contributed by atoms with Crippen LogP contribution in [0.3, 0.4) is 0 Å². The third kappa shape index (κ3) is 2.68. The maximum atomic E-state index is 13.4. The maximum Gasteiger partial charge on any atom is 0.227 e. The van der Waals surface area contributed by atoms with Crippen LogP contribution in [0.5, 0.6) is 0 Å². The first-order valence-corrected chi connectivity index (χ1v) is 5.50. The second-order valence-electron chi connectivity index (χ2n) is 3.87. The molecule has 90 valence electrons. The predicted octanol–water partition coefficient (Wildman–Crippen LogP) is 2.08. The number of benzene rings is 1. The highest BCUT2D eigenvalue weighted by Crippen LogP contribution is 2.19. The Morgan fingerprint density at radius 3 is 2.94 bits per heavy atom. The van der Waals surface area contributed by atoms with E-state index < -0.39 is 0 Å². The molecule has 0 spiro atoms. The Bertz CT molecular complexity index is 510. The summed E-state index contributed by atoms with van der Waals surface area (Å²) in [5.74, 6) is 0.679. The van der Waals surface area contributed by atoms with Crippen LogP contribution >= 0.6 is 0 Å². The van der Waals surface area contributed by atoms with E-state index in [4.69, 9.17) is 10.3 Å². The van der Waals surface area contributed by atoms with Crippen molar-refractivity contribution in [3.63, 3.8) is 0 Å². The minimum Gasteiger partial charge on any atom is -0.339 e.